The molecule has 2 rings (SSSR count). The maximum Gasteiger partial charge on any atom is 0.321 e. The predicted octanol–water partition coefficient (Wildman–Crippen LogP) is 2.91. The Labute approximate surface area is 153 Å². The third-order valence-corrected chi connectivity index (χ3v) is 4.18. The van der Waals surface area contributed by atoms with Gasteiger partial charge in [-0.2, -0.15) is 0 Å². The number of urea groups is 1. The molecular weight excluding hydrogens is 333 g/mol. The van der Waals surface area contributed by atoms with Crippen LogP contribution in [0.4, 0.5) is 9.18 Å². The second-order valence-corrected chi connectivity index (χ2v) is 6.04. The minimum absolute atomic E-state index is 0.345. The SMILES string of the molecule is CCc1ccc(C(NC(C)C(=O)NC(=O)NC)c2cccc(F)c2)cc1. The monoisotopic (exact) mass is 357 g/mol. The molecule has 3 amide bonds. The van der Waals surface area contributed by atoms with Gasteiger partial charge in [0.1, 0.15) is 5.82 Å². The number of benzene rings is 2. The molecule has 0 fully saturated rings. The summed E-state index contributed by atoms with van der Waals surface area (Å²) < 4.78 is 13.7. The first-order valence-electron chi connectivity index (χ1n) is 8.57. The fourth-order valence-electron chi connectivity index (χ4n) is 2.63. The largest absolute Gasteiger partial charge is 0.341 e. The van der Waals surface area contributed by atoms with Crippen LogP contribution in [-0.4, -0.2) is 25.0 Å². The van der Waals surface area contributed by atoms with Gasteiger partial charge in [-0.3, -0.25) is 15.4 Å². The highest BCUT2D eigenvalue weighted by Crippen LogP contribution is 2.24. The van der Waals surface area contributed by atoms with Crippen molar-refractivity contribution in [2.75, 3.05) is 7.05 Å². The minimum Gasteiger partial charge on any atom is -0.341 e. The van der Waals surface area contributed by atoms with Gasteiger partial charge in [-0.25, -0.2) is 9.18 Å². The molecule has 26 heavy (non-hydrogen) atoms. The van der Waals surface area contributed by atoms with Crippen molar-refractivity contribution >= 4 is 11.9 Å². The molecule has 0 radical (unpaired) electrons. The second kappa shape index (κ2) is 9.10. The first-order chi connectivity index (χ1) is 12.4. The number of aryl methyl sites for hydroxylation is 1. The van der Waals surface area contributed by atoms with Crippen molar-refractivity contribution < 1.29 is 14.0 Å². The molecule has 0 aliphatic heterocycles. The summed E-state index contributed by atoms with van der Waals surface area (Å²) in [5.74, 6) is -0.808. The molecule has 2 aromatic carbocycles. The molecule has 0 aliphatic carbocycles. The van der Waals surface area contributed by atoms with E-state index < -0.39 is 18.0 Å². The Kier molecular flexibility index (Phi) is 6.86. The van der Waals surface area contributed by atoms with Crippen LogP contribution in [0.15, 0.2) is 48.5 Å². The molecule has 2 unspecified atom stereocenters. The van der Waals surface area contributed by atoms with Crippen LogP contribution in [0, 0.1) is 5.82 Å². The maximum atomic E-state index is 13.7. The van der Waals surface area contributed by atoms with Gasteiger partial charge in [0, 0.05) is 7.05 Å². The Morgan fingerprint density at radius 2 is 1.77 bits per heavy atom. The smallest absolute Gasteiger partial charge is 0.321 e. The summed E-state index contributed by atoms with van der Waals surface area (Å²) in [4.78, 5) is 23.5. The zero-order valence-corrected chi connectivity index (χ0v) is 15.2. The summed E-state index contributed by atoms with van der Waals surface area (Å²) in [7, 11) is 1.44. The standard InChI is InChI=1S/C20H24FN3O2/c1-4-14-8-10-15(11-9-14)18(16-6-5-7-17(21)12-16)23-13(2)19(25)24-20(26)22-3/h5-13,18,23H,4H2,1-3H3,(H2,22,24,25,26). The quantitative estimate of drug-likeness (QED) is 0.744. The summed E-state index contributed by atoms with van der Waals surface area (Å²) in [5, 5.41) is 7.77. The highest BCUT2D eigenvalue weighted by Gasteiger charge is 2.22. The third-order valence-electron chi connectivity index (χ3n) is 4.18. The molecule has 3 N–H and O–H groups in total. The molecular formula is C20H24FN3O2. The van der Waals surface area contributed by atoms with E-state index in [-0.39, 0.29) is 11.9 Å². The minimum atomic E-state index is -0.661. The molecule has 2 aromatic rings. The van der Waals surface area contributed by atoms with E-state index in [1.165, 1.54) is 24.7 Å². The zero-order chi connectivity index (χ0) is 19.1. The number of nitrogens with one attached hydrogen (secondary N) is 3. The van der Waals surface area contributed by atoms with Crippen molar-refractivity contribution in [3.8, 4) is 0 Å². The normalized spacial score (nSPS) is 12.9. The second-order valence-electron chi connectivity index (χ2n) is 6.04. The number of carbonyl (C=O) groups is 2. The van der Waals surface area contributed by atoms with Crippen LogP contribution in [0.2, 0.25) is 0 Å². The van der Waals surface area contributed by atoms with Crippen LogP contribution < -0.4 is 16.0 Å². The van der Waals surface area contributed by atoms with Gasteiger partial charge in [0.15, 0.2) is 0 Å². The van der Waals surface area contributed by atoms with E-state index in [9.17, 15) is 14.0 Å². The zero-order valence-electron chi connectivity index (χ0n) is 15.2. The first-order valence-corrected chi connectivity index (χ1v) is 8.57. The van der Waals surface area contributed by atoms with Gasteiger partial charge >= 0.3 is 6.03 Å². The van der Waals surface area contributed by atoms with E-state index in [1.807, 2.05) is 24.3 Å². The number of hydrogen-bond acceptors (Lipinski definition) is 3. The van der Waals surface area contributed by atoms with Crippen LogP contribution in [0.3, 0.4) is 0 Å². The lowest BCUT2D eigenvalue weighted by atomic mass is 9.96. The Hall–Kier alpha value is -2.73. The molecule has 0 saturated carbocycles. The van der Waals surface area contributed by atoms with Gasteiger partial charge in [-0.15, -0.1) is 0 Å². The Morgan fingerprint density at radius 3 is 2.35 bits per heavy atom. The number of halogens is 1. The number of carbonyl (C=O) groups excluding carboxylic acids is 2. The lowest BCUT2D eigenvalue weighted by Gasteiger charge is -2.24. The van der Waals surface area contributed by atoms with Crippen molar-refractivity contribution in [3.63, 3.8) is 0 Å². The lowest BCUT2D eigenvalue weighted by Crippen LogP contribution is -2.48. The van der Waals surface area contributed by atoms with E-state index in [0.717, 1.165) is 12.0 Å². The van der Waals surface area contributed by atoms with Crippen molar-refractivity contribution in [1.82, 2.24) is 16.0 Å². The van der Waals surface area contributed by atoms with Crippen LogP contribution in [0.25, 0.3) is 0 Å². The molecule has 0 aliphatic rings. The van der Waals surface area contributed by atoms with Gasteiger partial charge in [-0.05, 0) is 42.2 Å². The van der Waals surface area contributed by atoms with Crippen molar-refractivity contribution in [3.05, 3.63) is 71.0 Å². The summed E-state index contributed by atoms with van der Waals surface area (Å²) in [5.41, 5.74) is 2.80. The van der Waals surface area contributed by atoms with Crippen LogP contribution >= 0.6 is 0 Å². The Bertz CT molecular complexity index is 762. The number of amides is 3. The van der Waals surface area contributed by atoms with Gasteiger partial charge < -0.3 is 5.32 Å². The van der Waals surface area contributed by atoms with Gasteiger partial charge in [-0.1, -0.05) is 43.3 Å². The number of rotatable bonds is 6. The van der Waals surface area contributed by atoms with E-state index in [1.54, 1.807) is 19.1 Å². The van der Waals surface area contributed by atoms with Crippen molar-refractivity contribution in [2.45, 2.75) is 32.4 Å². The summed E-state index contributed by atoms with van der Waals surface area (Å²) in [6.07, 6.45) is 0.920. The molecule has 6 heteroatoms. The summed E-state index contributed by atoms with van der Waals surface area (Å²) in [6.45, 7) is 3.73. The predicted molar refractivity (Wildman–Crippen MR) is 99.3 cm³/mol. The Balaban J connectivity index is 2.28. The van der Waals surface area contributed by atoms with E-state index >= 15 is 0 Å². The molecule has 0 saturated heterocycles. The fourth-order valence-corrected chi connectivity index (χ4v) is 2.63. The average Bonchev–Trinajstić information content (AvgIpc) is 2.65. The number of imide groups is 1. The maximum absolute atomic E-state index is 13.7. The average molecular weight is 357 g/mol. The lowest BCUT2D eigenvalue weighted by molar-refractivity contribution is -0.121. The van der Waals surface area contributed by atoms with Crippen molar-refractivity contribution in [2.24, 2.45) is 0 Å². The molecule has 0 heterocycles. The van der Waals surface area contributed by atoms with Gasteiger partial charge in [0.05, 0.1) is 12.1 Å². The first kappa shape index (κ1) is 19.6. The Morgan fingerprint density at radius 1 is 1.08 bits per heavy atom. The fraction of sp³-hybridized carbons (Fsp3) is 0.300. The van der Waals surface area contributed by atoms with E-state index in [0.29, 0.717) is 5.56 Å². The van der Waals surface area contributed by atoms with Crippen LogP contribution in [0.5, 0.6) is 0 Å². The number of hydrogen-bond donors (Lipinski definition) is 3. The highest BCUT2D eigenvalue weighted by molar-refractivity contribution is 5.96. The van der Waals surface area contributed by atoms with E-state index in [4.69, 9.17) is 0 Å². The highest BCUT2D eigenvalue weighted by atomic mass is 19.1. The van der Waals surface area contributed by atoms with Gasteiger partial charge in [0.2, 0.25) is 5.91 Å². The third kappa shape index (κ3) is 5.13. The molecule has 5 nitrogen and oxygen atoms in total. The molecule has 0 aromatic heterocycles. The molecule has 138 valence electrons. The molecule has 2 atom stereocenters. The molecule has 0 bridgehead atoms. The summed E-state index contributed by atoms with van der Waals surface area (Å²) in [6, 6.07) is 12.6. The van der Waals surface area contributed by atoms with Gasteiger partial charge in [0.25, 0.3) is 0 Å². The van der Waals surface area contributed by atoms with E-state index in [2.05, 4.69) is 22.9 Å². The summed E-state index contributed by atoms with van der Waals surface area (Å²) >= 11 is 0. The van der Waals surface area contributed by atoms with Crippen LogP contribution in [0.1, 0.15) is 36.6 Å². The topological polar surface area (TPSA) is 70.2 Å². The van der Waals surface area contributed by atoms with Crippen molar-refractivity contribution in [1.29, 1.82) is 0 Å². The molecule has 0 spiro atoms. The van der Waals surface area contributed by atoms with Crippen LogP contribution in [-0.2, 0) is 11.2 Å².